The van der Waals surface area contributed by atoms with Gasteiger partial charge in [-0.15, -0.1) is 0 Å². The minimum Gasteiger partial charge on any atom is -0.472 e. The Morgan fingerprint density at radius 1 is 0.960 bits per heavy atom. The number of rotatable bonds is 9. The van der Waals surface area contributed by atoms with Gasteiger partial charge in [0.15, 0.2) is 0 Å². The van der Waals surface area contributed by atoms with Gasteiger partial charge >= 0.3 is 0 Å². The summed E-state index contributed by atoms with van der Waals surface area (Å²) < 4.78 is 5.02. The van der Waals surface area contributed by atoms with Gasteiger partial charge in [0, 0.05) is 19.6 Å². The lowest BCUT2D eigenvalue weighted by Crippen LogP contribution is -2.43. The van der Waals surface area contributed by atoms with Gasteiger partial charge in [-0.25, -0.2) is 0 Å². The van der Waals surface area contributed by atoms with Crippen LogP contribution in [0.5, 0.6) is 0 Å². The van der Waals surface area contributed by atoms with Crippen molar-refractivity contribution in [2.45, 2.75) is 33.2 Å². The number of hydrogen-bond acceptors (Lipinski definition) is 3. The van der Waals surface area contributed by atoms with Gasteiger partial charge in [-0.3, -0.25) is 9.59 Å². The highest BCUT2D eigenvalue weighted by atomic mass is 16.3. The number of benzene rings is 1. The predicted octanol–water partition coefficient (Wildman–Crippen LogP) is 3.57. The van der Waals surface area contributed by atoms with Gasteiger partial charge in [-0.05, 0) is 24.5 Å². The van der Waals surface area contributed by atoms with Gasteiger partial charge in [-0.1, -0.05) is 44.2 Å². The molecule has 5 nitrogen and oxygen atoms in total. The van der Waals surface area contributed by atoms with Crippen molar-refractivity contribution in [2.24, 2.45) is 0 Å². The van der Waals surface area contributed by atoms with Gasteiger partial charge in [0.1, 0.15) is 12.8 Å². The molecule has 2 aromatic rings. The molecule has 0 fully saturated rings. The zero-order chi connectivity index (χ0) is 18.1. The molecule has 0 N–H and O–H groups in total. The van der Waals surface area contributed by atoms with Crippen molar-refractivity contribution in [3.05, 3.63) is 60.1 Å². The number of carbonyl (C=O) groups excluding carboxylic acids is 2. The summed E-state index contributed by atoms with van der Waals surface area (Å²) in [5.74, 6) is -0.213. The third-order valence-corrected chi connectivity index (χ3v) is 3.94. The lowest BCUT2D eigenvalue weighted by atomic mass is 10.2. The molecule has 25 heavy (non-hydrogen) atoms. The monoisotopic (exact) mass is 342 g/mol. The molecule has 0 aliphatic rings. The molecule has 0 unspecified atom stereocenters. The molecule has 0 aliphatic heterocycles. The summed E-state index contributed by atoms with van der Waals surface area (Å²) in [4.78, 5) is 28.9. The van der Waals surface area contributed by atoms with E-state index in [4.69, 9.17) is 4.42 Å². The standard InChI is InChI=1S/C20H26N2O3/c1-3-11-21(12-4-2)19(23)15-22(14-17-8-6-5-7-9-17)20(24)18-10-13-25-16-18/h5-10,13,16H,3-4,11-12,14-15H2,1-2H3. The van der Waals surface area contributed by atoms with E-state index in [0.29, 0.717) is 25.2 Å². The highest BCUT2D eigenvalue weighted by Gasteiger charge is 2.22. The smallest absolute Gasteiger partial charge is 0.257 e. The van der Waals surface area contributed by atoms with E-state index in [0.717, 1.165) is 18.4 Å². The summed E-state index contributed by atoms with van der Waals surface area (Å²) in [6.45, 7) is 5.99. The normalized spacial score (nSPS) is 10.5. The first-order chi connectivity index (χ1) is 12.2. The SMILES string of the molecule is CCCN(CCC)C(=O)CN(Cc1ccccc1)C(=O)c1ccoc1. The molecule has 1 heterocycles. The maximum atomic E-state index is 12.8. The fourth-order valence-electron chi connectivity index (χ4n) is 2.74. The number of carbonyl (C=O) groups is 2. The molecule has 1 aromatic carbocycles. The Kier molecular flexibility index (Phi) is 7.26. The van der Waals surface area contributed by atoms with Crippen molar-refractivity contribution >= 4 is 11.8 Å². The number of hydrogen-bond donors (Lipinski definition) is 0. The zero-order valence-electron chi connectivity index (χ0n) is 15.0. The van der Waals surface area contributed by atoms with E-state index in [1.807, 2.05) is 49.1 Å². The Hall–Kier alpha value is -2.56. The lowest BCUT2D eigenvalue weighted by Gasteiger charge is -2.27. The Morgan fingerprint density at radius 3 is 2.20 bits per heavy atom. The average molecular weight is 342 g/mol. The molecule has 1 aromatic heterocycles. The van der Waals surface area contributed by atoms with Crippen LogP contribution >= 0.6 is 0 Å². The summed E-state index contributed by atoms with van der Waals surface area (Å²) in [6.07, 6.45) is 4.69. The van der Waals surface area contributed by atoms with Crippen molar-refractivity contribution in [1.82, 2.24) is 9.80 Å². The average Bonchev–Trinajstić information content (AvgIpc) is 3.16. The van der Waals surface area contributed by atoms with E-state index in [1.165, 1.54) is 12.5 Å². The van der Waals surface area contributed by atoms with Crippen LogP contribution in [0.1, 0.15) is 42.6 Å². The van der Waals surface area contributed by atoms with Gasteiger partial charge < -0.3 is 14.2 Å². The first-order valence-electron chi connectivity index (χ1n) is 8.78. The summed E-state index contributed by atoms with van der Waals surface area (Å²) in [6, 6.07) is 11.3. The molecule has 134 valence electrons. The maximum Gasteiger partial charge on any atom is 0.257 e. The molecule has 2 amide bonds. The summed E-state index contributed by atoms with van der Waals surface area (Å²) in [5, 5.41) is 0. The van der Waals surface area contributed by atoms with Crippen LogP contribution in [0.25, 0.3) is 0 Å². The summed E-state index contributed by atoms with van der Waals surface area (Å²) >= 11 is 0. The van der Waals surface area contributed by atoms with Crippen LogP contribution in [0.15, 0.2) is 53.3 Å². The molecule has 0 saturated heterocycles. The Balaban J connectivity index is 2.15. The van der Waals surface area contributed by atoms with Crippen molar-refractivity contribution in [2.75, 3.05) is 19.6 Å². The molecule has 0 saturated carbocycles. The van der Waals surface area contributed by atoms with Gasteiger partial charge in [0.25, 0.3) is 5.91 Å². The quantitative estimate of drug-likeness (QED) is 0.700. The second-order valence-electron chi connectivity index (χ2n) is 6.04. The van der Waals surface area contributed by atoms with Crippen molar-refractivity contribution < 1.29 is 14.0 Å². The molecule has 0 spiro atoms. The number of amides is 2. The van der Waals surface area contributed by atoms with Crippen LogP contribution in [0, 0.1) is 0 Å². The third-order valence-electron chi connectivity index (χ3n) is 3.94. The largest absolute Gasteiger partial charge is 0.472 e. The van der Waals surface area contributed by atoms with Crippen molar-refractivity contribution in [3.63, 3.8) is 0 Å². The highest BCUT2D eigenvalue weighted by Crippen LogP contribution is 2.11. The molecule has 0 bridgehead atoms. The van der Waals surface area contributed by atoms with Crippen LogP contribution in [-0.4, -0.2) is 41.2 Å². The molecule has 0 radical (unpaired) electrons. The maximum absolute atomic E-state index is 12.8. The van der Waals surface area contributed by atoms with Gasteiger partial charge in [-0.2, -0.15) is 0 Å². The Labute approximate surface area is 149 Å². The van der Waals surface area contributed by atoms with E-state index in [-0.39, 0.29) is 18.4 Å². The van der Waals surface area contributed by atoms with E-state index in [9.17, 15) is 9.59 Å². The zero-order valence-corrected chi connectivity index (χ0v) is 15.0. The van der Waals surface area contributed by atoms with Gasteiger partial charge in [0.05, 0.1) is 11.8 Å². The van der Waals surface area contributed by atoms with Gasteiger partial charge in [0.2, 0.25) is 5.91 Å². The van der Waals surface area contributed by atoms with Crippen LogP contribution in [-0.2, 0) is 11.3 Å². The van der Waals surface area contributed by atoms with E-state index >= 15 is 0 Å². The van der Waals surface area contributed by atoms with E-state index in [2.05, 4.69) is 0 Å². The minimum absolute atomic E-state index is 0.0172. The summed E-state index contributed by atoms with van der Waals surface area (Å²) in [5.41, 5.74) is 1.45. The number of nitrogens with zero attached hydrogens (tertiary/aromatic N) is 2. The van der Waals surface area contributed by atoms with E-state index < -0.39 is 0 Å². The Morgan fingerprint density at radius 2 is 1.64 bits per heavy atom. The second kappa shape index (κ2) is 9.67. The molecule has 0 atom stereocenters. The van der Waals surface area contributed by atoms with Crippen molar-refractivity contribution in [3.8, 4) is 0 Å². The predicted molar refractivity (Wildman–Crippen MR) is 97.1 cm³/mol. The van der Waals surface area contributed by atoms with Crippen LogP contribution in [0.2, 0.25) is 0 Å². The third kappa shape index (κ3) is 5.48. The van der Waals surface area contributed by atoms with Crippen LogP contribution in [0.3, 0.4) is 0 Å². The lowest BCUT2D eigenvalue weighted by molar-refractivity contribution is -0.132. The fourth-order valence-corrected chi connectivity index (χ4v) is 2.74. The first kappa shape index (κ1) is 18.8. The second-order valence-corrected chi connectivity index (χ2v) is 6.04. The molecular formula is C20H26N2O3. The highest BCUT2D eigenvalue weighted by molar-refractivity contribution is 5.96. The fraction of sp³-hybridized carbons (Fsp3) is 0.400. The molecule has 2 rings (SSSR count). The van der Waals surface area contributed by atoms with Crippen LogP contribution in [0.4, 0.5) is 0 Å². The number of furan rings is 1. The molecule has 5 heteroatoms. The Bertz CT molecular complexity index is 647. The topological polar surface area (TPSA) is 53.8 Å². The van der Waals surface area contributed by atoms with Crippen LogP contribution < -0.4 is 0 Å². The first-order valence-corrected chi connectivity index (χ1v) is 8.78. The summed E-state index contributed by atoms with van der Waals surface area (Å²) in [7, 11) is 0. The minimum atomic E-state index is -0.195. The molecule has 0 aliphatic carbocycles. The van der Waals surface area contributed by atoms with E-state index in [1.54, 1.807) is 11.0 Å². The molecular weight excluding hydrogens is 316 g/mol. The van der Waals surface area contributed by atoms with Crippen molar-refractivity contribution in [1.29, 1.82) is 0 Å².